The third kappa shape index (κ3) is 15.7. The highest BCUT2D eigenvalue weighted by atomic mass is 15.1. The van der Waals surface area contributed by atoms with E-state index in [4.69, 9.17) is 0 Å². The van der Waals surface area contributed by atoms with E-state index in [-0.39, 0.29) is 11.1 Å². The molecule has 0 unspecified atom stereocenters. The smallest absolute Gasteiger partial charge is 0.0953 e. The lowest BCUT2D eigenvalue weighted by atomic mass is 10.1. The van der Waals surface area contributed by atoms with E-state index in [0.29, 0.717) is 0 Å². The average Bonchev–Trinajstić information content (AvgIpc) is 2.32. The summed E-state index contributed by atoms with van der Waals surface area (Å²) < 4.78 is 0. The highest BCUT2D eigenvalue weighted by Crippen LogP contribution is 2.12. The summed E-state index contributed by atoms with van der Waals surface area (Å²) in [7, 11) is 0. The standard InChI is InChI=1S/C20H42N2/c1-8-9-10-11-12-13-14-15-16-17-18(21-19(2,3)4)22-20(5,6)7/h17,21-22H,8-16H2,1-7H3. The van der Waals surface area contributed by atoms with Crippen LogP contribution in [0, 0.1) is 0 Å². The predicted molar refractivity (Wildman–Crippen MR) is 101 cm³/mol. The van der Waals surface area contributed by atoms with Crippen molar-refractivity contribution in [3.63, 3.8) is 0 Å². The van der Waals surface area contributed by atoms with Crippen molar-refractivity contribution in [3.8, 4) is 0 Å². The van der Waals surface area contributed by atoms with Gasteiger partial charge in [0.2, 0.25) is 0 Å². The van der Waals surface area contributed by atoms with E-state index in [1.165, 1.54) is 57.2 Å². The zero-order chi connectivity index (χ0) is 17.1. The van der Waals surface area contributed by atoms with Crippen LogP contribution in [-0.2, 0) is 0 Å². The highest BCUT2D eigenvalue weighted by Gasteiger charge is 2.15. The van der Waals surface area contributed by atoms with Crippen molar-refractivity contribution in [1.82, 2.24) is 10.6 Å². The third-order valence-corrected chi connectivity index (χ3v) is 3.43. The van der Waals surface area contributed by atoms with Gasteiger partial charge in [-0.1, -0.05) is 51.9 Å². The molecular weight excluding hydrogens is 268 g/mol. The fourth-order valence-corrected chi connectivity index (χ4v) is 2.47. The lowest BCUT2D eigenvalue weighted by Gasteiger charge is -2.31. The minimum absolute atomic E-state index is 0.101. The number of unbranched alkanes of at least 4 members (excludes halogenated alkanes) is 8. The summed E-state index contributed by atoms with van der Waals surface area (Å²) in [5, 5.41) is 7.18. The van der Waals surface area contributed by atoms with Crippen LogP contribution in [0.4, 0.5) is 0 Å². The molecule has 0 radical (unpaired) electrons. The van der Waals surface area contributed by atoms with Crippen LogP contribution in [0.15, 0.2) is 11.9 Å². The summed E-state index contributed by atoms with van der Waals surface area (Å²) in [6.45, 7) is 15.5. The second-order valence-electron chi connectivity index (χ2n) is 8.63. The van der Waals surface area contributed by atoms with Crippen molar-refractivity contribution in [1.29, 1.82) is 0 Å². The molecule has 0 aromatic heterocycles. The maximum atomic E-state index is 3.59. The van der Waals surface area contributed by atoms with Gasteiger partial charge in [-0.05, 0) is 60.5 Å². The lowest BCUT2D eigenvalue weighted by Crippen LogP contribution is -2.46. The Bertz CT molecular complexity index is 274. The molecule has 0 saturated heterocycles. The molecule has 132 valence electrons. The molecule has 0 aliphatic rings. The largest absolute Gasteiger partial charge is 0.368 e. The average molecular weight is 311 g/mol. The minimum Gasteiger partial charge on any atom is -0.368 e. The summed E-state index contributed by atoms with van der Waals surface area (Å²) in [6, 6.07) is 0. The molecule has 0 rings (SSSR count). The van der Waals surface area contributed by atoms with Gasteiger partial charge in [0.25, 0.3) is 0 Å². The molecule has 0 aromatic carbocycles. The Morgan fingerprint density at radius 2 is 1.09 bits per heavy atom. The van der Waals surface area contributed by atoms with Gasteiger partial charge >= 0.3 is 0 Å². The Kier molecular flexibility index (Phi) is 10.6. The Labute approximate surface area is 140 Å². The maximum absolute atomic E-state index is 3.59. The Morgan fingerprint density at radius 1 is 0.682 bits per heavy atom. The number of hydrogen-bond acceptors (Lipinski definition) is 2. The fourth-order valence-electron chi connectivity index (χ4n) is 2.47. The first kappa shape index (κ1) is 21.3. The van der Waals surface area contributed by atoms with Gasteiger partial charge < -0.3 is 10.6 Å². The number of nitrogens with one attached hydrogen (secondary N) is 2. The molecule has 2 nitrogen and oxygen atoms in total. The normalized spacial score (nSPS) is 12.1. The van der Waals surface area contributed by atoms with Gasteiger partial charge in [0.05, 0.1) is 5.82 Å². The van der Waals surface area contributed by atoms with E-state index < -0.39 is 0 Å². The zero-order valence-corrected chi connectivity index (χ0v) is 16.4. The van der Waals surface area contributed by atoms with Crippen LogP contribution in [0.25, 0.3) is 0 Å². The summed E-state index contributed by atoms with van der Waals surface area (Å²) in [6.07, 6.45) is 14.6. The molecule has 22 heavy (non-hydrogen) atoms. The van der Waals surface area contributed by atoms with E-state index in [1.807, 2.05) is 0 Å². The molecular formula is C20H42N2. The molecule has 2 heteroatoms. The van der Waals surface area contributed by atoms with Crippen LogP contribution in [0.3, 0.4) is 0 Å². The van der Waals surface area contributed by atoms with E-state index in [0.717, 1.165) is 6.42 Å². The van der Waals surface area contributed by atoms with Gasteiger partial charge in [-0.15, -0.1) is 0 Å². The molecule has 0 aromatic rings. The first-order chi connectivity index (χ1) is 10.1. The van der Waals surface area contributed by atoms with E-state index in [2.05, 4.69) is 65.2 Å². The molecule has 0 amide bonds. The van der Waals surface area contributed by atoms with Crippen LogP contribution < -0.4 is 10.6 Å². The van der Waals surface area contributed by atoms with Crippen LogP contribution >= 0.6 is 0 Å². The quantitative estimate of drug-likeness (QED) is 0.448. The topological polar surface area (TPSA) is 24.1 Å². The van der Waals surface area contributed by atoms with Crippen molar-refractivity contribution in [2.24, 2.45) is 0 Å². The molecule has 0 bridgehead atoms. The number of allylic oxidation sites excluding steroid dienone is 1. The molecule has 0 heterocycles. The lowest BCUT2D eigenvalue weighted by molar-refractivity contribution is 0.396. The van der Waals surface area contributed by atoms with Crippen molar-refractivity contribution in [2.45, 2.75) is 117 Å². The molecule has 0 aliphatic heterocycles. The Balaban J connectivity index is 3.99. The maximum Gasteiger partial charge on any atom is 0.0953 e. The molecule has 2 N–H and O–H groups in total. The van der Waals surface area contributed by atoms with Gasteiger partial charge in [-0.3, -0.25) is 0 Å². The molecule has 0 aliphatic carbocycles. The van der Waals surface area contributed by atoms with Crippen molar-refractivity contribution >= 4 is 0 Å². The van der Waals surface area contributed by atoms with E-state index in [1.54, 1.807) is 0 Å². The SMILES string of the molecule is CCCCCCCCCCC=C(NC(C)(C)C)NC(C)(C)C. The number of hydrogen-bond donors (Lipinski definition) is 2. The molecule has 0 saturated carbocycles. The van der Waals surface area contributed by atoms with Crippen LogP contribution in [0.5, 0.6) is 0 Å². The van der Waals surface area contributed by atoms with Gasteiger partial charge in [0.15, 0.2) is 0 Å². The van der Waals surface area contributed by atoms with Gasteiger partial charge in [0, 0.05) is 11.1 Å². The summed E-state index contributed by atoms with van der Waals surface area (Å²) >= 11 is 0. The van der Waals surface area contributed by atoms with Crippen LogP contribution in [0.1, 0.15) is 106 Å². The molecule has 0 spiro atoms. The minimum atomic E-state index is 0.101. The third-order valence-electron chi connectivity index (χ3n) is 3.43. The Hall–Kier alpha value is -0.660. The second-order valence-corrected chi connectivity index (χ2v) is 8.63. The van der Waals surface area contributed by atoms with Gasteiger partial charge in [-0.2, -0.15) is 0 Å². The van der Waals surface area contributed by atoms with Crippen molar-refractivity contribution < 1.29 is 0 Å². The van der Waals surface area contributed by atoms with E-state index in [9.17, 15) is 0 Å². The van der Waals surface area contributed by atoms with Gasteiger partial charge in [0.1, 0.15) is 0 Å². The molecule has 0 fully saturated rings. The second kappa shape index (κ2) is 11.0. The van der Waals surface area contributed by atoms with E-state index >= 15 is 0 Å². The first-order valence-electron chi connectivity index (χ1n) is 9.40. The fraction of sp³-hybridized carbons (Fsp3) is 0.900. The monoisotopic (exact) mass is 310 g/mol. The van der Waals surface area contributed by atoms with Crippen molar-refractivity contribution in [2.75, 3.05) is 0 Å². The van der Waals surface area contributed by atoms with Crippen molar-refractivity contribution in [3.05, 3.63) is 11.9 Å². The zero-order valence-electron chi connectivity index (χ0n) is 16.4. The number of rotatable bonds is 11. The van der Waals surface area contributed by atoms with Gasteiger partial charge in [-0.25, -0.2) is 0 Å². The molecule has 0 atom stereocenters. The highest BCUT2D eigenvalue weighted by molar-refractivity contribution is 5.03. The van der Waals surface area contributed by atoms with Crippen LogP contribution in [-0.4, -0.2) is 11.1 Å². The summed E-state index contributed by atoms with van der Waals surface area (Å²) in [4.78, 5) is 0. The van der Waals surface area contributed by atoms with Crippen LogP contribution in [0.2, 0.25) is 0 Å². The summed E-state index contributed by atoms with van der Waals surface area (Å²) in [5.41, 5.74) is 0.201. The summed E-state index contributed by atoms with van der Waals surface area (Å²) in [5.74, 6) is 1.18. The predicted octanol–water partition coefficient (Wildman–Crippen LogP) is 6.13. The first-order valence-corrected chi connectivity index (χ1v) is 9.40. The Morgan fingerprint density at radius 3 is 1.50 bits per heavy atom.